The van der Waals surface area contributed by atoms with Gasteiger partial charge < -0.3 is 19.5 Å². The molecule has 2 unspecified atom stereocenters. The number of morpholine rings is 1. The molecule has 1 fully saturated rings. The van der Waals surface area contributed by atoms with Crippen molar-refractivity contribution in [1.29, 1.82) is 0 Å². The Balaban J connectivity index is 2.32. The highest BCUT2D eigenvalue weighted by molar-refractivity contribution is 4.77. The largest absolute Gasteiger partial charge is 0.385 e. The Labute approximate surface area is 117 Å². The van der Waals surface area contributed by atoms with E-state index >= 15 is 0 Å². The van der Waals surface area contributed by atoms with E-state index in [1.807, 2.05) is 0 Å². The van der Waals surface area contributed by atoms with Gasteiger partial charge in [-0.05, 0) is 19.8 Å². The second kappa shape index (κ2) is 10.6. The van der Waals surface area contributed by atoms with E-state index in [-0.39, 0.29) is 0 Å². The lowest BCUT2D eigenvalue weighted by Crippen LogP contribution is -2.46. The van der Waals surface area contributed by atoms with E-state index < -0.39 is 0 Å². The van der Waals surface area contributed by atoms with Gasteiger partial charge in [-0.1, -0.05) is 0 Å². The van der Waals surface area contributed by atoms with Gasteiger partial charge in [0.15, 0.2) is 0 Å². The van der Waals surface area contributed by atoms with Crippen LogP contribution in [-0.4, -0.2) is 77.3 Å². The Kier molecular flexibility index (Phi) is 9.38. The summed E-state index contributed by atoms with van der Waals surface area (Å²) < 4.78 is 15.9. The quantitative estimate of drug-likeness (QED) is 0.595. The van der Waals surface area contributed by atoms with E-state index in [0.29, 0.717) is 12.1 Å². The number of hydrogen-bond donors (Lipinski definition) is 1. The number of nitrogens with one attached hydrogen (secondary N) is 1. The second-order valence-electron chi connectivity index (χ2n) is 5.19. The molecule has 1 rings (SSSR count). The van der Waals surface area contributed by atoms with E-state index in [4.69, 9.17) is 14.2 Å². The highest BCUT2D eigenvalue weighted by atomic mass is 16.5. The molecule has 1 N–H and O–H groups in total. The van der Waals surface area contributed by atoms with Crippen LogP contribution in [0.3, 0.4) is 0 Å². The van der Waals surface area contributed by atoms with E-state index in [1.165, 1.54) is 0 Å². The van der Waals surface area contributed by atoms with Crippen LogP contribution in [0.1, 0.15) is 19.8 Å². The molecule has 114 valence electrons. The molecule has 1 aliphatic heterocycles. The normalized spacial score (nSPS) is 21.8. The van der Waals surface area contributed by atoms with Crippen molar-refractivity contribution in [3.05, 3.63) is 0 Å². The molecule has 0 saturated carbocycles. The average Bonchev–Trinajstić information content (AvgIpc) is 2.43. The minimum absolute atomic E-state index is 0.483. The molecule has 0 radical (unpaired) electrons. The smallest absolute Gasteiger partial charge is 0.0620 e. The van der Waals surface area contributed by atoms with E-state index in [2.05, 4.69) is 17.1 Å². The van der Waals surface area contributed by atoms with Crippen LogP contribution in [0.5, 0.6) is 0 Å². The maximum Gasteiger partial charge on any atom is 0.0620 e. The third kappa shape index (κ3) is 7.22. The Hall–Kier alpha value is -0.200. The summed E-state index contributed by atoms with van der Waals surface area (Å²) in [5, 5.41) is 3.52. The number of methoxy groups -OCH3 is 2. The van der Waals surface area contributed by atoms with Crippen molar-refractivity contribution >= 4 is 0 Å². The van der Waals surface area contributed by atoms with Crippen LogP contribution in [0, 0.1) is 0 Å². The Morgan fingerprint density at radius 1 is 1.26 bits per heavy atom. The van der Waals surface area contributed by atoms with Gasteiger partial charge in [0, 0.05) is 52.5 Å². The summed E-state index contributed by atoms with van der Waals surface area (Å²) >= 11 is 0. The van der Waals surface area contributed by atoms with E-state index in [9.17, 15) is 0 Å². The molecule has 5 nitrogen and oxygen atoms in total. The lowest BCUT2D eigenvalue weighted by atomic mass is 10.1. The van der Waals surface area contributed by atoms with Gasteiger partial charge in [-0.3, -0.25) is 4.90 Å². The molecule has 0 aromatic heterocycles. The van der Waals surface area contributed by atoms with Gasteiger partial charge in [0.2, 0.25) is 0 Å². The summed E-state index contributed by atoms with van der Waals surface area (Å²) in [7, 11) is 3.51. The zero-order valence-electron chi connectivity index (χ0n) is 12.7. The number of rotatable bonds is 10. The van der Waals surface area contributed by atoms with Crippen molar-refractivity contribution in [2.45, 2.75) is 31.8 Å². The fourth-order valence-corrected chi connectivity index (χ4v) is 2.51. The van der Waals surface area contributed by atoms with Crippen LogP contribution >= 0.6 is 0 Å². The summed E-state index contributed by atoms with van der Waals surface area (Å²) in [6, 6.07) is 1.02. The predicted molar refractivity (Wildman–Crippen MR) is 76.6 cm³/mol. The van der Waals surface area contributed by atoms with Crippen LogP contribution in [-0.2, 0) is 14.2 Å². The summed E-state index contributed by atoms with van der Waals surface area (Å²) in [6.07, 6.45) is 2.19. The first-order valence-electron chi connectivity index (χ1n) is 7.31. The SMILES string of the molecule is COCCCN(CCOC)C(C)CC1COCCN1. The monoisotopic (exact) mass is 274 g/mol. The third-order valence-electron chi connectivity index (χ3n) is 3.62. The van der Waals surface area contributed by atoms with Crippen molar-refractivity contribution in [2.24, 2.45) is 0 Å². The fraction of sp³-hybridized carbons (Fsp3) is 1.00. The van der Waals surface area contributed by atoms with Crippen molar-refractivity contribution in [1.82, 2.24) is 10.2 Å². The van der Waals surface area contributed by atoms with E-state index in [0.717, 1.165) is 58.9 Å². The summed E-state index contributed by atoms with van der Waals surface area (Å²) in [4.78, 5) is 2.48. The molecule has 1 saturated heterocycles. The van der Waals surface area contributed by atoms with Gasteiger partial charge in [-0.2, -0.15) is 0 Å². The number of hydrogen-bond acceptors (Lipinski definition) is 5. The van der Waals surface area contributed by atoms with Gasteiger partial charge in [-0.25, -0.2) is 0 Å². The van der Waals surface area contributed by atoms with Gasteiger partial charge >= 0.3 is 0 Å². The molecule has 1 heterocycles. The summed E-state index contributed by atoms with van der Waals surface area (Å²) in [5.74, 6) is 0. The minimum Gasteiger partial charge on any atom is -0.385 e. The van der Waals surface area contributed by atoms with Crippen LogP contribution in [0.15, 0.2) is 0 Å². The Morgan fingerprint density at radius 2 is 2.05 bits per heavy atom. The average molecular weight is 274 g/mol. The zero-order chi connectivity index (χ0) is 13.9. The Bertz CT molecular complexity index is 211. The van der Waals surface area contributed by atoms with Crippen LogP contribution < -0.4 is 5.32 Å². The standard InChI is InChI=1S/C14H30N2O3/c1-13(11-14-12-19-9-5-15-14)16(7-10-18-3)6-4-8-17-2/h13-15H,4-12H2,1-3H3. The van der Waals surface area contributed by atoms with Crippen molar-refractivity contribution in [3.8, 4) is 0 Å². The second-order valence-corrected chi connectivity index (χ2v) is 5.19. The molecule has 0 aromatic rings. The first-order valence-corrected chi connectivity index (χ1v) is 7.31. The third-order valence-corrected chi connectivity index (χ3v) is 3.62. The topological polar surface area (TPSA) is 43.0 Å². The lowest BCUT2D eigenvalue weighted by Gasteiger charge is -2.33. The molecule has 0 bridgehead atoms. The fourth-order valence-electron chi connectivity index (χ4n) is 2.51. The molecule has 0 spiro atoms. The highest BCUT2D eigenvalue weighted by Gasteiger charge is 2.20. The van der Waals surface area contributed by atoms with Crippen molar-refractivity contribution in [3.63, 3.8) is 0 Å². The zero-order valence-corrected chi connectivity index (χ0v) is 12.7. The van der Waals surface area contributed by atoms with Gasteiger partial charge in [0.1, 0.15) is 0 Å². The number of nitrogens with zero attached hydrogens (tertiary/aromatic N) is 1. The summed E-state index contributed by atoms with van der Waals surface area (Å²) in [5.41, 5.74) is 0. The predicted octanol–water partition coefficient (Wildman–Crippen LogP) is 0.738. The van der Waals surface area contributed by atoms with Crippen LogP contribution in [0.2, 0.25) is 0 Å². The molecular formula is C14H30N2O3. The summed E-state index contributed by atoms with van der Waals surface area (Å²) in [6.45, 7) is 8.58. The lowest BCUT2D eigenvalue weighted by molar-refractivity contribution is 0.0553. The maximum absolute atomic E-state index is 5.52. The van der Waals surface area contributed by atoms with Gasteiger partial charge in [0.25, 0.3) is 0 Å². The van der Waals surface area contributed by atoms with Gasteiger partial charge in [-0.15, -0.1) is 0 Å². The molecule has 0 aliphatic carbocycles. The molecule has 0 aromatic carbocycles. The van der Waals surface area contributed by atoms with Crippen molar-refractivity contribution < 1.29 is 14.2 Å². The maximum atomic E-state index is 5.52. The van der Waals surface area contributed by atoms with E-state index in [1.54, 1.807) is 14.2 Å². The first-order chi connectivity index (χ1) is 9.27. The van der Waals surface area contributed by atoms with Crippen molar-refractivity contribution in [2.75, 3.05) is 60.3 Å². The first kappa shape index (κ1) is 16.9. The molecule has 1 aliphatic rings. The minimum atomic E-state index is 0.483. The number of ether oxygens (including phenoxy) is 3. The molecule has 0 amide bonds. The van der Waals surface area contributed by atoms with Crippen LogP contribution in [0.4, 0.5) is 0 Å². The highest BCUT2D eigenvalue weighted by Crippen LogP contribution is 2.10. The van der Waals surface area contributed by atoms with Crippen LogP contribution in [0.25, 0.3) is 0 Å². The molecule has 2 atom stereocenters. The Morgan fingerprint density at radius 3 is 2.68 bits per heavy atom. The van der Waals surface area contributed by atoms with Gasteiger partial charge in [0.05, 0.1) is 19.8 Å². The molecular weight excluding hydrogens is 244 g/mol. The molecule has 5 heteroatoms. The molecule has 19 heavy (non-hydrogen) atoms.